The zero-order chi connectivity index (χ0) is 33.3. The summed E-state index contributed by atoms with van der Waals surface area (Å²) in [6, 6.07) is 5.79. The lowest BCUT2D eigenvalue weighted by atomic mass is 10.1. The van der Waals surface area contributed by atoms with Crippen molar-refractivity contribution in [3.63, 3.8) is 0 Å². The highest BCUT2D eigenvalue weighted by atomic mass is 16.7. The van der Waals surface area contributed by atoms with Gasteiger partial charge < -0.3 is 10.2 Å². The van der Waals surface area contributed by atoms with Crippen LogP contribution in [0.3, 0.4) is 0 Å². The molecule has 44 heavy (non-hydrogen) atoms. The number of hydrogen-bond donors (Lipinski definition) is 2. The molecule has 2 N–H and O–H groups in total. The summed E-state index contributed by atoms with van der Waals surface area (Å²) in [4.78, 5) is 65.1. The highest BCUT2D eigenvalue weighted by molar-refractivity contribution is 5.65. The maximum absolute atomic E-state index is 10.4. The summed E-state index contributed by atoms with van der Waals surface area (Å²) >= 11 is 0. The van der Waals surface area contributed by atoms with Crippen LogP contribution in [-0.2, 0) is 4.84 Å². The first-order chi connectivity index (χ1) is 20.5. The Balaban J connectivity index is 0.000000232. The second-order valence-corrected chi connectivity index (χ2v) is 8.22. The maximum Gasteiger partial charge on any atom is 0.324 e. The first-order valence-corrected chi connectivity index (χ1v) is 11.4. The van der Waals surface area contributed by atoms with E-state index in [-0.39, 0.29) is 6.10 Å². The molecule has 23 nitrogen and oxygen atoms in total. The lowest BCUT2D eigenvalue weighted by Gasteiger charge is -2.10. The number of aromatic nitrogens is 1. The number of rotatable bonds is 7. The largest absolute Gasteiger partial charge is 0.497 e. The first kappa shape index (κ1) is 33.7. The van der Waals surface area contributed by atoms with Crippen molar-refractivity contribution in [2.24, 2.45) is 0 Å². The topological polar surface area (TPSA) is 325 Å². The fourth-order valence-corrected chi connectivity index (χ4v) is 3.37. The summed E-state index contributed by atoms with van der Waals surface area (Å²) in [6.45, 7) is 1.01. The van der Waals surface area contributed by atoms with Crippen molar-refractivity contribution in [3.8, 4) is 11.5 Å². The van der Waals surface area contributed by atoms with E-state index >= 15 is 0 Å². The maximum atomic E-state index is 10.4. The number of phenols is 2. The molecule has 1 unspecified atom stereocenters. The van der Waals surface area contributed by atoms with Crippen molar-refractivity contribution in [1.82, 2.24) is 10.0 Å². The third-order valence-corrected chi connectivity index (χ3v) is 5.41. The number of nitro groups is 6. The average Bonchev–Trinajstić information content (AvgIpc) is 3.39. The van der Waals surface area contributed by atoms with Crippen LogP contribution in [0.25, 0.3) is 0 Å². The molecule has 0 bridgehead atoms. The number of nitrogens with zero attached hydrogens (tertiary/aromatic N) is 8. The van der Waals surface area contributed by atoms with Crippen molar-refractivity contribution in [2.75, 3.05) is 13.6 Å². The number of benzene rings is 2. The van der Waals surface area contributed by atoms with Crippen molar-refractivity contribution in [1.29, 1.82) is 0 Å². The number of hydroxylamine groups is 2. The third kappa shape index (κ3) is 8.51. The Morgan fingerprint density at radius 1 is 0.682 bits per heavy atom. The Kier molecular flexibility index (Phi) is 11.0. The van der Waals surface area contributed by atoms with Gasteiger partial charge in [0.05, 0.1) is 53.8 Å². The number of phenolic OH excluding ortho intramolecular Hbond substituents is 2. The standard InChI is InChI=1S/C9H12N2O.2C6H3N3O7/c1-11-7-4-9(12-11)8-2-5-10-6-3-8;2*10-6-4(8(13)14)1-3(7(11)12)2-5(6)9(15)16/h2-3,5-6,9H,4,7H2,1H3;2*1-2,10H. The second-order valence-electron chi connectivity index (χ2n) is 8.22. The Hall–Kier alpha value is -6.49. The number of aromatic hydroxyl groups is 2. The smallest absolute Gasteiger partial charge is 0.324 e. The van der Waals surface area contributed by atoms with Crippen LogP contribution in [0.4, 0.5) is 34.1 Å². The van der Waals surface area contributed by atoms with Crippen molar-refractivity contribution < 1.29 is 44.6 Å². The van der Waals surface area contributed by atoms with Crippen LogP contribution in [0.1, 0.15) is 18.1 Å². The molecule has 1 aliphatic rings. The second kappa shape index (κ2) is 14.4. The van der Waals surface area contributed by atoms with E-state index in [1.807, 2.05) is 24.2 Å². The molecule has 232 valence electrons. The van der Waals surface area contributed by atoms with Gasteiger partial charge in [-0.3, -0.25) is 70.5 Å². The molecule has 0 spiro atoms. The fraction of sp³-hybridized carbons (Fsp3) is 0.190. The molecule has 23 heteroatoms. The Labute approximate surface area is 242 Å². The predicted octanol–water partition coefficient (Wildman–Crippen LogP) is 3.62. The molecule has 2 aromatic carbocycles. The van der Waals surface area contributed by atoms with Gasteiger partial charge in [-0.25, -0.2) is 0 Å². The van der Waals surface area contributed by atoms with Crippen molar-refractivity contribution in [2.45, 2.75) is 12.5 Å². The minimum atomic E-state index is -1.21. The van der Waals surface area contributed by atoms with E-state index in [9.17, 15) is 60.7 Å². The van der Waals surface area contributed by atoms with Crippen LogP contribution in [0.5, 0.6) is 11.5 Å². The molecule has 0 saturated carbocycles. The molecule has 1 saturated heterocycles. The van der Waals surface area contributed by atoms with Crippen molar-refractivity contribution >= 4 is 34.1 Å². The van der Waals surface area contributed by atoms with E-state index < -0.39 is 75.2 Å². The van der Waals surface area contributed by atoms with Gasteiger partial charge in [0.2, 0.25) is 0 Å². The molecule has 1 fully saturated rings. The van der Waals surface area contributed by atoms with Gasteiger partial charge in [-0.2, -0.15) is 5.06 Å². The van der Waals surface area contributed by atoms with E-state index in [1.54, 1.807) is 12.4 Å². The van der Waals surface area contributed by atoms with Crippen LogP contribution >= 0.6 is 0 Å². The monoisotopic (exact) mass is 622 g/mol. The van der Waals surface area contributed by atoms with Gasteiger partial charge in [0.15, 0.2) is 0 Å². The Bertz CT molecular complexity index is 1460. The van der Waals surface area contributed by atoms with Gasteiger partial charge in [-0.05, 0) is 24.1 Å². The van der Waals surface area contributed by atoms with Gasteiger partial charge >= 0.3 is 22.7 Å². The lowest BCUT2D eigenvalue weighted by Crippen LogP contribution is -2.10. The minimum absolute atomic E-state index is 0.234. The van der Waals surface area contributed by atoms with Crippen molar-refractivity contribution in [3.05, 3.63) is 115 Å². The highest BCUT2D eigenvalue weighted by Gasteiger charge is 2.31. The normalized spacial score (nSPS) is 13.8. The zero-order valence-electron chi connectivity index (χ0n) is 21.9. The van der Waals surface area contributed by atoms with E-state index in [1.165, 1.54) is 5.56 Å². The summed E-state index contributed by atoms with van der Waals surface area (Å²) in [6.07, 6.45) is 4.91. The molecule has 2 heterocycles. The summed E-state index contributed by atoms with van der Waals surface area (Å²) in [5.74, 6) is -2.42. The summed E-state index contributed by atoms with van der Waals surface area (Å²) in [7, 11) is 1.96. The van der Waals surface area contributed by atoms with Crippen LogP contribution in [0, 0.1) is 60.7 Å². The number of hydrogen-bond acceptors (Lipinski definition) is 17. The first-order valence-electron chi connectivity index (χ1n) is 11.4. The average molecular weight is 622 g/mol. The Morgan fingerprint density at radius 2 is 1.02 bits per heavy atom. The highest BCUT2D eigenvalue weighted by Crippen LogP contribution is 2.40. The van der Waals surface area contributed by atoms with Crippen LogP contribution in [0.2, 0.25) is 0 Å². The van der Waals surface area contributed by atoms with Crippen LogP contribution in [0.15, 0.2) is 48.8 Å². The molecule has 1 aromatic heterocycles. The lowest BCUT2D eigenvalue weighted by molar-refractivity contribution is -0.404. The van der Waals surface area contributed by atoms with Gasteiger partial charge in [-0.1, -0.05) is 0 Å². The SMILES string of the molecule is CN1CCC(c2ccncc2)O1.O=[N+]([O-])c1cc([N+](=O)[O-])c(O)c([N+](=O)[O-])c1.O=[N+]([O-])c1cc([N+](=O)[O-])c(O)c([N+](=O)[O-])c1. The fourth-order valence-electron chi connectivity index (χ4n) is 3.37. The van der Waals surface area contributed by atoms with Gasteiger partial charge in [0.1, 0.15) is 6.10 Å². The molecule has 3 aromatic rings. The number of non-ortho nitro benzene ring substituents is 2. The molecule has 0 amide bonds. The third-order valence-electron chi connectivity index (χ3n) is 5.41. The van der Waals surface area contributed by atoms with E-state index in [4.69, 9.17) is 15.1 Å². The quantitative estimate of drug-likeness (QED) is 0.280. The summed E-state index contributed by atoms with van der Waals surface area (Å²) in [5, 5.41) is 82.3. The predicted molar refractivity (Wildman–Crippen MR) is 141 cm³/mol. The van der Waals surface area contributed by atoms with E-state index in [2.05, 4.69) is 4.98 Å². The number of nitro benzene ring substituents is 6. The molecule has 0 aliphatic carbocycles. The van der Waals surface area contributed by atoms with E-state index in [0.29, 0.717) is 24.3 Å². The summed E-state index contributed by atoms with van der Waals surface area (Å²) < 4.78 is 0. The Morgan fingerprint density at radius 3 is 1.27 bits per heavy atom. The van der Waals surface area contributed by atoms with E-state index in [0.717, 1.165) is 13.0 Å². The molecule has 0 radical (unpaired) electrons. The molecule has 1 aliphatic heterocycles. The summed E-state index contributed by atoms with van der Waals surface area (Å²) in [5.41, 5.74) is -4.79. The number of pyridine rings is 1. The van der Waals surface area contributed by atoms with Gasteiger partial charge in [0.25, 0.3) is 22.9 Å². The molecule has 1 atom stereocenters. The van der Waals surface area contributed by atoms with Gasteiger partial charge in [-0.15, -0.1) is 0 Å². The molecule has 4 rings (SSSR count). The zero-order valence-corrected chi connectivity index (χ0v) is 21.9. The van der Waals surface area contributed by atoms with Crippen LogP contribution < -0.4 is 0 Å². The molecular weight excluding hydrogens is 604 g/mol. The van der Waals surface area contributed by atoms with Gasteiger partial charge in [0, 0.05) is 26.0 Å². The molecular formula is C21H18N8O15. The van der Waals surface area contributed by atoms with Crippen LogP contribution in [-0.4, -0.2) is 63.4 Å². The minimum Gasteiger partial charge on any atom is -0.497 e.